The van der Waals surface area contributed by atoms with Crippen molar-refractivity contribution in [3.8, 4) is 0 Å². The number of aryl methyl sites for hydroxylation is 2. The molecule has 0 bridgehead atoms. The Morgan fingerprint density at radius 1 is 0.914 bits per heavy atom. The number of nitrogens with zero attached hydrogens (tertiary/aromatic N) is 4. The molecule has 5 aromatic rings. The summed E-state index contributed by atoms with van der Waals surface area (Å²) in [6.07, 6.45) is 0.840. The highest BCUT2D eigenvalue weighted by Gasteiger charge is 2.16. The molecular weight excluding hydrogens is 462 g/mol. The molecule has 0 radical (unpaired) electrons. The van der Waals surface area contributed by atoms with Gasteiger partial charge in [0.15, 0.2) is 5.65 Å². The second-order valence-corrected chi connectivity index (χ2v) is 8.80. The Hall–Kier alpha value is -4.24. The smallest absolute Gasteiger partial charge is 0.337 e. The summed E-state index contributed by atoms with van der Waals surface area (Å²) in [7, 11) is 0. The number of fused-ring (bicyclic) bond motifs is 3. The van der Waals surface area contributed by atoms with Gasteiger partial charge in [-0.1, -0.05) is 72.4 Å². The van der Waals surface area contributed by atoms with Crippen molar-refractivity contribution < 1.29 is 14.7 Å². The van der Waals surface area contributed by atoms with Gasteiger partial charge in [-0.3, -0.25) is 4.79 Å². The fourth-order valence-electron chi connectivity index (χ4n) is 3.96. The quantitative estimate of drug-likeness (QED) is 0.309. The zero-order valence-electron chi connectivity index (χ0n) is 18.6. The Bertz CT molecular complexity index is 1530. The highest BCUT2D eigenvalue weighted by molar-refractivity contribution is 7.99. The van der Waals surface area contributed by atoms with E-state index in [1.54, 1.807) is 18.2 Å². The molecule has 9 heteroatoms. The van der Waals surface area contributed by atoms with E-state index in [9.17, 15) is 14.7 Å². The van der Waals surface area contributed by atoms with E-state index in [0.29, 0.717) is 5.16 Å². The van der Waals surface area contributed by atoms with Crippen LogP contribution in [0.15, 0.2) is 84.0 Å². The van der Waals surface area contributed by atoms with Crippen molar-refractivity contribution in [3.05, 3.63) is 90.0 Å². The summed E-state index contributed by atoms with van der Waals surface area (Å²) in [5.41, 5.74) is 3.99. The molecule has 0 fully saturated rings. The van der Waals surface area contributed by atoms with Crippen molar-refractivity contribution in [1.29, 1.82) is 0 Å². The van der Waals surface area contributed by atoms with E-state index >= 15 is 0 Å². The molecule has 0 saturated heterocycles. The van der Waals surface area contributed by atoms with Crippen LogP contribution in [-0.4, -0.2) is 42.5 Å². The molecule has 0 atom stereocenters. The zero-order valence-corrected chi connectivity index (χ0v) is 19.4. The summed E-state index contributed by atoms with van der Waals surface area (Å²) in [6, 6.07) is 24.5. The van der Waals surface area contributed by atoms with Crippen molar-refractivity contribution in [1.82, 2.24) is 19.7 Å². The van der Waals surface area contributed by atoms with Gasteiger partial charge in [-0.2, -0.15) is 0 Å². The molecule has 0 unspecified atom stereocenters. The van der Waals surface area contributed by atoms with Gasteiger partial charge >= 0.3 is 5.97 Å². The Kier molecular flexibility index (Phi) is 6.40. The Morgan fingerprint density at radius 2 is 1.66 bits per heavy atom. The molecule has 8 nitrogen and oxygen atoms in total. The Labute approximate surface area is 205 Å². The predicted octanol–water partition coefficient (Wildman–Crippen LogP) is 4.65. The van der Waals surface area contributed by atoms with Gasteiger partial charge in [0.25, 0.3) is 0 Å². The van der Waals surface area contributed by atoms with Gasteiger partial charge < -0.3 is 15.0 Å². The maximum absolute atomic E-state index is 12.5. The second kappa shape index (κ2) is 9.94. The van der Waals surface area contributed by atoms with Crippen molar-refractivity contribution in [3.63, 3.8) is 0 Å². The number of nitrogens with one attached hydrogen (secondary N) is 1. The van der Waals surface area contributed by atoms with Crippen LogP contribution in [0.4, 0.5) is 5.69 Å². The van der Waals surface area contributed by atoms with Gasteiger partial charge in [-0.25, -0.2) is 9.78 Å². The summed E-state index contributed by atoms with van der Waals surface area (Å²) in [5, 5.41) is 22.0. The van der Waals surface area contributed by atoms with Gasteiger partial charge in [0.05, 0.1) is 22.5 Å². The number of carboxylic acids is 1. The first-order valence-electron chi connectivity index (χ1n) is 11.0. The molecule has 0 saturated carbocycles. The van der Waals surface area contributed by atoms with Gasteiger partial charge in [-0.05, 0) is 30.2 Å². The molecule has 2 N–H and O–H groups in total. The SMILES string of the molecule is O=C(CSc1nnc2c3ccccc3n(CCc3ccccc3)c2n1)Nc1ccccc1C(=O)O. The van der Waals surface area contributed by atoms with Gasteiger partial charge in [0, 0.05) is 11.9 Å². The molecule has 35 heavy (non-hydrogen) atoms. The largest absolute Gasteiger partial charge is 0.478 e. The first-order valence-corrected chi connectivity index (χ1v) is 12.0. The maximum atomic E-state index is 12.5. The van der Waals surface area contributed by atoms with E-state index in [0.717, 1.165) is 46.8 Å². The molecule has 0 spiro atoms. The van der Waals surface area contributed by atoms with Crippen LogP contribution in [0.25, 0.3) is 22.1 Å². The molecule has 2 aromatic heterocycles. The number of rotatable bonds is 8. The molecule has 174 valence electrons. The lowest BCUT2D eigenvalue weighted by Crippen LogP contribution is -2.16. The van der Waals surface area contributed by atoms with Crippen molar-refractivity contribution in [2.24, 2.45) is 0 Å². The highest BCUT2D eigenvalue weighted by atomic mass is 32.2. The first kappa shape index (κ1) is 22.5. The topological polar surface area (TPSA) is 110 Å². The minimum atomic E-state index is -1.10. The minimum absolute atomic E-state index is 0.0192. The molecule has 2 heterocycles. The number of anilines is 1. The minimum Gasteiger partial charge on any atom is -0.478 e. The molecule has 0 aliphatic rings. The number of thioether (sulfide) groups is 1. The number of hydrogen-bond acceptors (Lipinski definition) is 6. The van der Waals surface area contributed by atoms with Crippen LogP contribution in [0.5, 0.6) is 0 Å². The van der Waals surface area contributed by atoms with Crippen molar-refractivity contribution in [2.75, 3.05) is 11.1 Å². The van der Waals surface area contributed by atoms with Crippen LogP contribution in [0.1, 0.15) is 15.9 Å². The molecule has 0 aliphatic carbocycles. The average Bonchev–Trinajstić information content (AvgIpc) is 3.20. The van der Waals surface area contributed by atoms with E-state index in [4.69, 9.17) is 4.98 Å². The number of aromatic carboxylic acids is 1. The molecule has 0 aliphatic heterocycles. The first-order chi connectivity index (χ1) is 17.1. The second-order valence-electron chi connectivity index (χ2n) is 7.86. The third kappa shape index (κ3) is 4.85. The van der Waals surface area contributed by atoms with Crippen LogP contribution >= 0.6 is 11.8 Å². The van der Waals surface area contributed by atoms with Crippen LogP contribution in [0.2, 0.25) is 0 Å². The van der Waals surface area contributed by atoms with Crippen LogP contribution in [-0.2, 0) is 17.8 Å². The van der Waals surface area contributed by atoms with Gasteiger partial charge in [-0.15, -0.1) is 10.2 Å². The van der Waals surface area contributed by atoms with Crippen LogP contribution < -0.4 is 5.32 Å². The van der Waals surface area contributed by atoms with E-state index in [-0.39, 0.29) is 22.9 Å². The monoisotopic (exact) mass is 483 g/mol. The Balaban J connectivity index is 1.37. The Morgan fingerprint density at radius 3 is 2.49 bits per heavy atom. The number of hydrogen-bond donors (Lipinski definition) is 2. The fraction of sp³-hybridized carbons (Fsp3) is 0.115. The van der Waals surface area contributed by atoms with Crippen molar-refractivity contribution >= 4 is 51.4 Å². The standard InChI is InChI=1S/C26H21N5O3S/c32-22(27-20-12-6-4-10-18(20)25(33)34)16-35-26-28-24-23(29-30-26)19-11-5-7-13-21(19)31(24)15-14-17-8-2-1-3-9-17/h1-13H,14-16H2,(H,27,32)(H,33,34). The van der Waals surface area contributed by atoms with Gasteiger partial charge in [0.1, 0.15) is 5.52 Å². The van der Waals surface area contributed by atoms with E-state index in [1.807, 2.05) is 42.5 Å². The van der Waals surface area contributed by atoms with E-state index in [1.165, 1.54) is 11.6 Å². The summed E-state index contributed by atoms with van der Waals surface area (Å²) in [4.78, 5) is 28.6. The highest BCUT2D eigenvalue weighted by Crippen LogP contribution is 2.27. The normalized spacial score (nSPS) is 11.1. The lowest BCUT2D eigenvalue weighted by Gasteiger charge is -2.08. The molecule has 3 aromatic carbocycles. The maximum Gasteiger partial charge on any atom is 0.337 e. The number of carbonyl (C=O) groups excluding carboxylic acids is 1. The summed E-state index contributed by atoms with van der Waals surface area (Å²) >= 11 is 1.15. The lowest BCUT2D eigenvalue weighted by atomic mass is 10.1. The number of carboxylic acid groups (broad SMARTS) is 1. The lowest BCUT2D eigenvalue weighted by molar-refractivity contribution is -0.113. The van der Waals surface area contributed by atoms with E-state index in [2.05, 4.69) is 32.2 Å². The van der Waals surface area contributed by atoms with E-state index < -0.39 is 5.97 Å². The number of para-hydroxylation sites is 2. The van der Waals surface area contributed by atoms with Crippen LogP contribution in [0, 0.1) is 0 Å². The summed E-state index contributed by atoms with van der Waals surface area (Å²) in [6.45, 7) is 0.725. The summed E-state index contributed by atoms with van der Waals surface area (Å²) in [5.74, 6) is -1.43. The number of benzene rings is 3. The average molecular weight is 484 g/mol. The number of carbonyl (C=O) groups is 2. The van der Waals surface area contributed by atoms with Gasteiger partial charge in [0.2, 0.25) is 11.1 Å². The number of aromatic nitrogens is 4. The van der Waals surface area contributed by atoms with Crippen molar-refractivity contribution in [2.45, 2.75) is 18.1 Å². The summed E-state index contributed by atoms with van der Waals surface area (Å²) < 4.78 is 2.14. The third-order valence-corrected chi connectivity index (χ3v) is 6.42. The third-order valence-electron chi connectivity index (χ3n) is 5.59. The zero-order chi connectivity index (χ0) is 24.2. The number of amides is 1. The fourth-order valence-corrected chi connectivity index (χ4v) is 4.54. The molecule has 5 rings (SSSR count). The molecule has 1 amide bonds. The predicted molar refractivity (Wildman–Crippen MR) is 136 cm³/mol. The molecular formula is C26H21N5O3S. The van der Waals surface area contributed by atoms with Crippen LogP contribution in [0.3, 0.4) is 0 Å².